The van der Waals surface area contributed by atoms with Crippen LogP contribution in [0.2, 0.25) is 0 Å². The van der Waals surface area contributed by atoms with Gasteiger partial charge < -0.3 is 20.0 Å². The van der Waals surface area contributed by atoms with Gasteiger partial charge in [-0.2, -0.15) is 0 Å². The second-order valence-corrected chi connectivity index (χ2v) is 6.56. The molecule has 0 radical (unpaired) electrons. The number of carbonyl (C=O) groups is 2. The van der Waals surface area contributed by atoms with Crippen molar-refractivity contribution in [2.75, 3.05) is 26.2 Å². The third-order valence-electron chi connectivity index (χ3n) is 4.56. The molecule has 0 bridgehead atoms. The van der Waals surface area contributed by atoms with Crippen molar-refractivity contribution in [3.63, 3.8) is 0 Å². The van der Waals surface area contributed by atoms with E-state index in [1.807, 2.05) is 25.1 Å². The highest BCUT2D eigenvalue weighted by molar-refractivity contribution is 5.95. The highest BCUT2D eigenvalue weighted by Crippen LogP contribution is 2.23. The van der Waals surface area contributed by atoms with E-state index in [1.54, 1.807) is 15.9 Å². The third kappa shape index (κ3) is 4.47. The molecule has 2 aromatic rings. The van der Waals surface area contributed by atoms with Gasteiger partial charge in [0.2, 0.25) is 5.91 Å². The van der Waals surface area contributed by atoms with E-state index in [0.29, 0.717) is 37.3 Å². The van der Waals surface area contributed by atoms with Crippen molar-refractivity contribution in [1.29, 1.82) is 0 Å². The van der Waals surface area contributed by atoms with E-state index in [9.17, 15) is 19.8 Å². The molecule has 1 heterocycles. The number of piperazine rings is 1. The zero-order valence-electron chi connectivity index (χ0n) is 15.1. The van der Waals surface area contributed by atoms with Crippen LogP contribution in [0.5, 0.6) is 11.5 Å². The molecule has 6 nitrogen and oxygen atoms in total. The molecule has 1 saturated heterocycles. The Labute approximate surface area is 158 Å². The molecule has 2 aromatic carbocycles. The fourth-order valence-corrected chi connectivity index (χ4v) is 3.03. The highest BCUT2D eigenvalue weighted by atomic mass is 16.3. The molecule has 0 spiro atoms. The number of carbonyl (C=O) groups excluding carboxylic acids is 2. The highest BCUT2D eigenvalue weighted by Gasteiger charge is 2.23. The van der Waals surface area contributed by atoms with E-state index >= 15 is 0 Å². The number of phenolic OH excluding ortho intramolecular Hbond substituents is 2. The van der Waals surface area contributed by atoms with Crippen LogP contribution in [0.3, 0.4) is 0 Å². The van der Waals surface area contributed by atoms with Crippen LogP contribution in [0.15, 0.2) is 48.5 Å². The van der Waals surface area contributed by atoms with Crippen LogP contribution in [0.4, 0.5) is 0 Å². The van der Waals surface area contributed by atoms with Crippen molar-refractivity contribution in [1.82, 2.24) is 9.80 Å². The van der Waals surface area contributed by atoms with Crippen LogP contribution in [0.25, 0.3) is 6.08 Å². The molecule has 1 aliphatic heterocycles. The molecule has 0 aromatic heterocycles. The minimum Gasteiger partial charge on any atom is -0.508 e. The summed E-state index contributed by atoms with van der Waals surface area (Å²) in [5, 5.41) is 19.1. The van der Waals surface area contributed by atoms with Gasteiger partial charge >= 0.3 is 0 Å². The van der Waals surface area contributed by atoms with Crippen LogP contribution in [0, 0.1) is 6.92 Å². The third-order valence-corrected chi connectivity index (χ3v) is 4.56. The maximum absolute atomic E-state index is 12.6. The van der Waals surface area contributed by atoms with Crippen LogP contribution in [-0.2, 0) is 4.79 Å². The van der Waals surface area contributed by atoms with Gasteiger partial charge in [0.05, 0.1) is 0 Å². The standard InChI is InChI=1S/C21H22N2O4/c1-15-3-2-4-17(13-15)21(27)23-11-9-22(10-12-23)20(26)8-6-16-5-7-18(24)14-19(16)25/h2-8,13-14,24-25H,9-12H2,1H3/b8-6+. The molecule has 1 aliphatic rings. The minimum atomic E-state index is -0.176. The van der Waals surface area contributed by atoms with Gasteiger partial charge in [-0.05, 0) is 37.3 Å². The lowest BCUT2D eigenvalue weighted by Gasteiger charge is -2.34. The van der Waals surface area contributed by atoms with Crippen molar-refractivity contribution >= 4 is 17.9 Å². The minimum absolute atomic E-state index is 0.0182. The van der Waals surface area contributed by atoms with Crippen molar-refractivity contribution in [2.45, 2.75) is 6.92 Å². The van der Waals surface area contributed by atoms with Crippen molar-refractivity contribution in [2.24, 2.45) is 0 Å². The summed E-state index contributed by atoms with van der Waals surface area (Å²) in [6.07, 6.45) is 2.91. The summed E-state index contributed by atoms with van der Waals surface area (Å²) < 4.78 is 0. The molecule has 0 unspecified atom stereocenters. The fourth-order valence-electron chi connectivity index (χ4n) is 3.03. The molecule has 140 valence electrons. The van der Waals surface area contributed by atoms with Crippen LogP contribution in [0.1, 0.15) is 21.5 Å². The summed E-state index contributed by atoms with van der Waals surface area (Å²) in [6.45, 7) is 3.84. The van der Waals surface area contributed by atoms with Crippen LogP contribution in [-0.4, -0.2) is 58.0 Å². The first-order valence-electron chi connectivity index (χ1n) is 8.79. The largest absolute Gasteiger partial charge is 0.508 e. The van der Waals surface area contributed by atoms with Crippen LogP contribution < -0.4 is 0 Å². The lowest BCUT2D eigenvalue weighted by molar-refractivity contribution is -0.127. The summed E-state index contributed by atoms with van der Waals surface area (Å²) >= 11 is 0. The molecule has 6 heteroatoms. The average Bonchev–Trinajstić information content (AvgIpc) is 2.66. The molecule has 0 saturated carbocycles. The number of phenols is 2. The second kappa shape index (κ2) is 7.95. The summed E-state index contributed by atoms with van der Waals surface area (Å²) in [6, 6.07) is 11.7. The first-order valence-corrected chi connectivity index (χ1v) is 8.79. The lowest BCUT2D eigenvalue weighted by Crippen LogP contribution is -2.50. The van der Waals surface area contributed by atoms with E-state index in [1.165, 1.54) is 30.4 Å². The van der Waals surface area contributed by atoms with Gasteiger partial charge in [-0.25, -0.2) is 0 Å². The normalized spacial score (nSPS) is 14.6. The zero-order valence-corrected chi connectivity index (χ0v) is 15.1. The lowest BCUT2D eigenvalue weighted by atomic mass is 10.1. The topological polar surface area (TPSA) is 81.1 Å². The molecule has 2 amide bonds. The van der Waals surface area contributed by atoms with Gasteiger partial charge in [0.1, 0.15) is 11.5 Å². The molecule has 27 heavy (non-hydrogen) atoms. The summed E-state index contributed by atoms with van der Waals surface area (Å²) in [7, 11) is 0. The van der Waals surface area contributed by atoms with Crippen molar-refractivity contribution in [3.8, 4) is 11.5 Å². The Morgan fingerprint density at radius 2 is 1.67 bits per heavy atom. The number of hydrogen-bond acceptors (Lipinski definition) is 4. The SMILES string of the molecule is Cc1cccc(C(=O)N2CCN(C(=O)/C=C/c3ccc(O)cc3O)CC2)c1. The van der Waals surface area contributed by atoms with Gasteiger partial charge in [0.15, 0.2) is 0 Å². The summed E-state index contributed by atoms with van der Waals surface area (Å²) in [4.78, 5) is 28.3. The molecule has 3 rings (SSSR count). The zero-order chi connectivity index (χ0) is 19.4. The Balaban J connectivity index is 1.57. The summed E-state index contributed by atoms with van der Waals surface area (Å²) in [5.41, 5.74) is 2.16. The molecule has 2 N–H and O–H groups in total. The first-order chi connectivity index (χ1) is 12.9. The van der Waals surface area contributed by atoms with E-state index in [0.717, 1.165) is 5.56 Å². The molecular formula is C21H22N2O4. The Hall–Kier alpha value is -3.28. The predicted molar refractivity (Wildman–Crippen MR) is 102 cm³/mol. The smallest absolute Gasteiger partial charge is 0.253 e. The van der Waals surface area contributed by atoms with E-state index < -0.39 is 0 Å². The van der Waals surface area contributed by atoms with Crippen LogP contribution >= 0.6 is 0 Å². The average molecular weight is 366 g/mol. The Morgan fingerprint density at radius 3 is 2.33 bits per heavy atom. The Kier molecular flexibility index (Phi) is 5.45. The number of aromatic hydroxyl groups is 2. The quantitative estimate of drug-likeness (QED) is 0.818. The van der Waals surface area contributed by atoms with E-state index in [4.69, 9.17) is 0 Å². The van der Waals surface area contributed by atoms with E-state index in [-0.39, 0.29) is 23.3 Å². The van der Waals surface area contributed by atoms with Gasteiger partial charge in [0, 0.05) is 49.4 Å². The number of rotatable bonds is 3. The monoisotopic (exact) mass is 366 g/mol. The maximum Gasteiger partial charge on any atom is 0.253 e. The van der Waals surface area contributed by atoms with Gasteiger partial charge in [-0.15, -0.1) is 0 Å². The molecular weight excluding hydrogens is 344 g/mol. The Bertz CT molecular complexity index is 884. The molecule has 1 fully saturated rings. The number of nitrogens with zero attached hydrogens (tertiary/aromatic N) is 2. The first kappa shape index (κ1) is 18.5. The number of hydrogen-bond donors (Lipinski definition) is 2. The van der Waals surface area contributed by atoms with Crippen molar-refractivity contribution in [3.05, 3.63) is 65.2 Å². The second-order valence-electron chi connectivity index (χ2n) is 6.56. The summed E-state index contributed by atoms with van der Waals surface area (Å²) in [5.74, 6) is -0.321. The number of amides is 2. The fraction of sp³-hybridized carbons (Fsp3) is 0.238. The number of aryl methyl sites for hydroxylation is 1. The Morgan fingerprint density at radius 1 is 0.963 bits per heavy atom. The van der Waals surface area contributed by atoms with Gasteiger partial charge in [0.25, 0.3) is 5.91 Å². The van der Waals surface area contributed by atoms with Gasteiger partial charge in [-0.3, -0.25) is 9.59 Å². The predicted octanol–water partition coefficient (Wildman–Crippen LogP) is 2.40. The number of benzene rings is 2. The maximum atomic E-state index is 12.6. The molecule has 0 aliphatic carbocycles. The molecule has 0 atom stereocenters. The van der Waals surface area contributed by atoms with E-state index in [2.05, 4.69) is 0 Å². The van der Waals surface area contributed by atoms with Crippen molar-refractivity contribution < 1.29 is 19.8 Å². The van der Waals surface area contributed by atoms with Gasteiger partial charge in [-0.1, -0.05) is 17.7 Å².